The molecule has 0 amide bonds. The minimum atomic E-state index is -3.48. The topological polar surface area (TPSA) is 81.2 Å². The molecule has 1 aliphatic heterocycles. The lowest BCUT2D eigenvalue weighted by molar-refractivity contribution is 0.364. The first-order valence-corrected chi connectivity index (χ1v) is 9.20. The van der Waals surface area contributed by atoms with Gasteiger partial charge in [0.15, 0.2) is 5.03 Å². The van der Waals surface area contributed by atoms with Gasteiger partial charge >= 0.3 is 0 Å². The zero-order valence-electron chi connectivity index (χ0n) is 13.0. The minimum Gasteiger partial charge on any atom is -0.334 e. The Balaban J connectivity index is 2.22. The van der Waals surface area contributed by atoms with Crippen LogP contribution in [0.2, 0.25) is 0 Å². The number of aromatic nitrogens is 2. The van der Waals surface area contributed by atoms with Gasteiger partial charge in [-0.15, -0.1) is 0 Å². The molecule has 120 valence electrons. The number of aryl methyl sites for hydroxylation is 2. The molecular formula is C14H26N4O2S. The molecule has 1 unspecified atom stereocenters. The molecule has 0 aromatic carbocycles. The van der Waals surface area contributed by atoms with Gasteiger partial charge in [0.25, 0.3) is 10.0 Å². The number of imidazole rings is 1. The summed E-state index contributed by atoms with van der Waals surface area (Å²) >= 11 is 0. The molecule has 0 radical (unpaired) electrons. The van der Waals surface area contributed by atoms with Crippen LogP contribution in [0.25, 0.3) is 0 Å². The Morgan fingerprint density at radius 3 is 2.90 bits per heavy atom. The summed E-state index contributed by atoms with van der Waals surface area (Å²) in [7, 11) is -3.48. The summed E-state index contributed by atoms with van der Waals surface area (Å²) in [5.74, 6) is 0.758. The van der Waals surface area contributed by atoms with Gasteiger partial charge in [0.05, 0.1) is 0 Å². The second kappa shape index (κ2) is 6.89. The van der Waals surface area contributed by atoms with Crippen molar-refractivity contribution in [3.8, 4) is 0 Å². The van der Waals surface area contributed by atoms with Crippen LogP contribution in [0.5, 0.6) is 0 Å². The molecule has 0 saturated carbocycles. The first-order valence-electron chi connectivity index (χ1n) is 7.76. The van der Waals surface area contributed by atoms with Gasteiger partial charge in [0.1, 0.15) is 5.82 Å². The highest BCUT2D eigenvalue weighted by atomic mass is 32.2. The van der Waals surface area contributed by atoms with Crippen LogP contribution in [0.4, 0.5) is 0 Å². The smallest absolute Gasteiger partial charge is 0.262 e. The predicted octanol–water partition coefficient (Wildman–Crippen LogP) is 1.49. The normalized spacial score (nSPS) is 20.2. The predicted molar refractivity (Wildman–Crippen MR) is 82.5 cm³/mol. The van der Waals surface area contributed by atoms with Crippen molar-refractivity contribution in [2.24, 2.45) is 5.73 Å². The molecule has 1 aromatic rings. The van der Waals surface area contributed by atoms with E-state index in [2.05, 4.69) is 11.9 Å². The van der Waals surface area contributed by atoms with Gasteiger partial charge in [-0.05, 0) is 45.6 Å². The maximum Gasteiger partial charge on any atom is 0.262 e. The fourth-order valence-electron chi connectivity index (χ4n) is 2.96. The molecule has 6 nitrogen and oxygen atoms in total. The fraction of sp³-hybridized carbons (Fsp3) is 0.786. The van der Waals surface area contributed by atoms with Crippen molar-refractivity contribution in [3.63, 3.8) is 0 Å². The molecule has 2 N–H and O–H groups in total. The monoisotopic (exact) mass is 314 g/mol. The number of hydrogen-bond acceptors (Lipinski definition) is 4. The van der Waals surface area contributed by atoms with Gasteiger partial charge in [-0.3, -0.25) is 0 Å². The molecule has 1 aromatic heterocycles. The Morgan fingerprint density at radius 1 is 1.48 bits per heavy atom. The molecule has 0 aliphatic carbocycles. The third-order valence-electron chi connectivity index (χ3n) is 4.06. The lowest BCUT2D eigenvalue weighted by Crippen LogP contribution is -2.36. The minimum absolute atomic E-state index is 0.0789. The van der Waals surface area contributed by atoms with E-state index in [9.17, 15) is 8.42 Å². The second-order valence-electron chi connectivity index (χ2n) is 5.66. The zero-order valence-corrected chi connectivity index (χ0v) is 13.8. The average molecular weight is 314 g/mol. The van der Waals surface area contributed by atoms with Gasteiger partial charge in [0, 0.05) is 25.3 Å². The lowest BCUT2D eigenvalue weighted by atomic mass is 10.1. The molecule has 1 atom stereocenters. The molecule has 0 bridgehead atoms. The average Bonchev–Trinajstić information content (AvgIpc) is 3.05. The highest BCUT2D eigenvalue weighted by Crippen LogP contribution is 2.28. The van der Waals surface area contributed by atoms with Crippen molar-refractivity contribution < 1.29 is 8.42 Å². The number of rotatable bonds is 7. The highest BCUT2D eigenvalue weighted by molar-refractivity contribution is 7.89. The summed E-state index contributed by atoms with van der Waals surface area (Å²) in [6, 6.07) is 0.0789. The fourth-order valence-corrected chi connectivity index (χ4v) is 4.68. The van der Waals surface area contributed by atoms with Gasteiger partial charge in [0.2, 0.25) is 0 Å². The van der Waals surface area contributed by atoms with Crippen molar-refractivity contribution in [3.05, 3.63) is 12.0 Å². The largest absolute Gasteiger partial charge is 0.334 e. The van der Waals surface area contributed by atoms with Gasteiger partial charge < -0.3 is 10.3 Å². The van der Waals surface area contributed by atoms with Crippen LogP contribution in [-0.2, 0) is 16.6 Å². The molecule has 2 heterocycles. The number of nitrogens with two attached hydrogens (primary N) is 1. The third-order valence-corrected chi connectivity index (χ3v) is 5.88. The number of sulfonamides is 1. The molecular weight excluding hydrogens is 288 g/mol. The van der Waals surface area contributed by atoms with Crippen LogP contribution < -0.4 is 5.73 Å². The third kappa shape index (κ3) is 3.46. The van der Waals surface area contributed by atoms with Crippen molar-refractivity contribution >= 4 is 10.0 Å². The second-order valence-corrected chi connectivity index (χ2v) is 7.50. The van der Waals surface area contributed by atoms with Crippen LogP contribution in [-0.4, -0.2) is 41.4 Å². The first-order chi connectivity index (χ1) is 10.0. The summed E-state index contributed by atoms with van der Waals surface area (Å²) in [6.07, 6.45) is 6.17. The quantitative estimate of drug-likeness (QED) is 0.827. The Morgan fingerprint density at radius 2 is 2.24 bits per heavy atom. The van der Waals surface area contributed by atoms with Crippen molar-refractivity contribution in [2.45, 2.75) is 63.6 Å². The van der Waals surface area contributed by atoms with E-state index in [-0.39, 0.29) is 11.1 Å². The summed E-state index contributed by atoms with van der Waals surface area (Å²) < 4.78 is 29.1. The van der Waals surface area contributed by atoms with Crippen LogP contribution in [0, 0.1) is 6.92 Å². The summed E-state index contributed by atoms with van der Waals surface area (Å²) in [5.41, 5.74) is 5.55. The Hall–Kier alpha value is -0.920. The van der Waals surface area contributed by atoms with E-state index < -0.39 is 10.0 Å². The Labute approximate surface area is 127 Å². The maximum atomic E-state index is 12.8. The molecule has 7 heteroatoms. The van der Waals surface area contributed by atoms with Gasteiger partial charge in [-0.2, -0.15) is 4.31 Å². The van der Waals surface area contributed by atoms with Gasteiger partial charge in [-0.25, -0.2) is 13.4 Å². The van der Waals surface area contributed by atoms with E-state index >= 15 is 0 Å². The highest BCUT2D eigenvalue weighted by Gasteiger charge is 2.36. The number of nitrogens with zero attached hydrogens (tertiary/aromatic N) is 3. The zero-order chi connectivity index (χ0) is 15.5. The summed E-state index contributed by atoms with van der Waals surface area (Å²) in [6.45, 7) is 5.92. The van der Waals surface area contributed by atoms with Crippen molar-refractivity contribution in [2.75, 3.05) is 13.1 Å². The molecule has 1 fully saturated rings. The van der Waals surface area contributed by atoms with E-state index in [0.717, 1.165) is 44.5 Å². The van der Waals surface area contributed by atoms with Crippen molar-refractivity contribution in [1.82, 2.24) is 13.9 Å². The van der Waals surface area contributed by atoms with E-state index in [4.69, 9.17) is 5.73 Å². The molecule has 21 heavy (non-hydrogen) atoms. The number of hydrogen-bond donors (Lipinski definition) is 1. The van der Waals surface area contributed by atoms with Crippen LogP contribution in [0.3, 0.4) is 0 Å². The summed E-state index contributed by atoms with van der Waals surface area (Å²) in [5, 5.41) is 0.188. The van der Waals surface area contributed by atoms with Crippen LogP contribution >= 0.6 is 0 Å². The summed E-state index contributed by atoms with van der Waals surface area (Å²) in [4.78, 5) is 4.27. The van der Waals surface area contributed by atoms with E-state index in [0.29, 0.717) is 13.1 Å². The van der Waals surface area contributed by atoms with Gasteiger partial charge in [-0.1, -0.05) is 6.92 Å². The molecule has 2 rings (SSSR count). The van der Waals surface area contributed by atoms with Crippen LogP contribution in [0.15, 0.2) is 11.2 Å². The van der Waals surface area contributed by atoms with Crippen molar-refractivity contribution in [1.29, 1.82) is 0 Å². The first kappa shape index (κ1) is 16.5. The lowest BCUT2D eigenvalue weighted by Gasteiger charge is -2.22. The molecule has 1 aliphatic rings. The standard InChI is InChI=1S/C14H26N4O2S/c1-3-9-17-11-14(16-12(17)2)21(19,20)18-10-5-7-13(18)6-4-8-15/h11,13H,3-10,15H2,1-2H3. The van der Waals surface area contributed by atoms with E-state index in [1.807, 2.05) is 11.5 Å². The van der Waals surface area contributed by atoms with Crippen LogP contribution in [0.1, 0.15) is 44.9 Å². The molecule has 0 spiro atoms. The SMILES string of the molecule is CCCn1cc(S(=O)(=O)N2CCCC2CCCN)nc1C. The van der Waals surface area contributed by atoms with E-state index in [1.165, 1.54) is 0 Å². The Kier molecular flexibility index (Phi) is 5.40. The molecule has 1 saturated heterocycles. The van der Waals surface area contributed by atoms with E-state index in [1.54, 1.807) is 10.5 Å². The maximum absolute atomic E-state index is 12.8. The Bertz CT molecular complexity index is 568.